The first-order chi connectivity index (χ1) is 14.3. The first kappa shape index (κ1) is 27.6. The molecule has 0 radical (unpaired) electrons. The van der Waals surface area contributed by atoms with Gasteiger partial charge in [0.25, 0.3) is 5.91 Å². The average molecular weight is 430 g/mol. The topological polar surface area (TPSA) is 135 Å². The van der Waals surface area contributed by atoms with Gasteiger partial charge < -0.3 is 34.8 Å². The predicted octanol–water partition coefficient (Wildman–Crippen LogP) is 2.04. The molecule has 0 unspecified atom stereocenters. The van der Waals surface area contributed by atoms with Crippen LogP contribution in [0.15, 0.2) is 18.2 Å². The Balaban J connectivity index is 0.00000198. The van der Waals surface area contributed by atoms with E-state index in [0.717, 1.165) is 0 Å². The first-order valence-electron chi connectivity index (χ1n) is 10.2. The van der Waals surface area contributed by atoms with Crippen molar-refractivity contribution in [2.24, 2.45) is 5.92 Å². The van der Waals surface area contributed by atoms with E-state index < -0.39 is 36.5 Å². The molecule has 1 amide bonds. The second-order valence-electron chi connectivity index (χ2n) is 5.90. The van der Waals surface area contributed by atoms with Crippen molar-refractivity contribution in [1.82, 2.24) is 5.32 Å². The number of aliphatic hydroxyl groups excluding tert-OH is 2. The van der Waals surface area contributed by atoms with Crippen LogP contribution in [0.4, 0.5) is 0 Å². The highest BCUT2D eigenvalue weighted by molar-refractivity contribution is 5.94. The Bertz CT molecular complexity index is 666. The lowest BCUT2D eigenvalue weighted by molar-refractivity contribution is -0.255. The van der Waals surface area contributed by atoms with Crippen LogP contribution in [-0.4, -0.2) is 65.5 Å². The van der Waals surface area contributed by atoms with Gasteiger partial charge in [-0.2, -0.15) is 0 Å². The molecular formula is C21H35NO8. The summed E-state index contributed by atoms with van der Waals surface area (Å²) in [5.74, 6) is -2.03. The Hall–Kier alpha value is -2.36. The summed E-state index contributed by atoms with van der Waals surface area (Å²) in [4.78, 5) is 23.0. The summed E-state index contributed by atoms with van der Waals surface area (Å²) in [6, 6.07) is 4.44. The third-order valence-electron chi connectivity index (χ3n) is 4.17. The summed E-state index contributed by atoms with van der Waals surface area (Å²) in [5.41, 5.74) is 0.348. The monoisotopic (exact) mass is 429 g/mol. The van der Waals surface area contributed by atoms with E-state index in [2.05, 4.69) is 5.32 Å². The molecule has 1 aliphatic rings. The van der Waals surface area contributed by atoms with Crippen LogP contribution >= 0.6 is 0 Å². The highest BCUT2D eigenvalue weighted by atomic mass is 16.7. The van der Waals surface area contributed by atoms with Crippen molar-refractivity contribution in [2.75, 3.05) is 13.7 Å². The Kier molecular flexibility index (Phi) is 12.7. The average Bonchev–Trinajstić information content (AvgIpc) is 2.77. The molecule has 5 atom stereocenters. The van der Waals surface area contributed by atoms with Gasteiger partial charge in [-0.25, -0.2) is 4.79 Å². The van der Waals surface area contributed by atoms with E-state index in [9.17, 15) is 19.8 Å². The van der Waals surface area contributed by atoms with Gasteiger partial charge in [0.1, 0.15) is 6.10 Å². The number of aliphatic hydroxyl groups is 2. The minimum absolute atomic E-state index is 0.177. The van der Waals surface area contributed by atoms with Crippen molar-refractivity contribution in [3.8, 4) is 11.5 Å². The molecule has 9 heteroatoms. The maximum Gasteiger partial charge on any atom is 0.335 e. The molecule has 0 saturated carbocycles. The quantitative estimate of drug-likeness (QED) is 0.540. The van der Waals surface area contributed by atoms with Crippen molar-refractivity contribution in [1.29, 1.82) is 0 Å². The minimum atomic E-state index is -1.53. The van der Waals surface area contributed by atoms with Crippen LogP contribution in [0, 0.1) is 5.92 Å². The first-order valence-corrected chi connectivity index (χ1v) is 10.2. The second-order valence-corrected chi connectivity index (χ2v) is 5.90. The standard InChI is InChI=1S/C17H23NO8.2C2H6/c1-4-24-11-7-9(15(21)18-3)5-6-10(11)25-17-13(20)8(2)12(19)14(26-17)16(22)23;2*1-2/h5-8,12-14,17,19-20H,4H2,1-3H3,(H,18,21)(H,22,23);2*1-2H3/t8-,12-,13+,14-,17+;;/m0../s1. The molecule has 0 spiro atoms. The minimum Gasteiger partial charge on any atom is -0.490 e. The third kappa shape index (κ3) is 6.86. The Morgan fingerprint density at radius 1 is 1.10 bits per heavy atom. The number of ether oxygens (including phenoxy) is 3. The number of carbonyl (C=O) groups excluding carboxylic acids is 1. The lowest BCUT2D eigenvalue weighted by Gasteiger charge is -2.39. The number of carbonyl (C=O) groups is 2. The van der Waals surface area contributed by atoms with Crippen LogP contribution < -0.4 is 14.8 Å². The number of rotatable bonds is 6. The largest absolute Gasteiger partial charge is 0.490 e. The SMILES string of the molecule is CC.CC.CCOc1cc(C(=O)NC)ccc1O[C@@H]1O[C@H](C(=O)O)[C@@H](O)[C@H](C)[C@H]1O. The van der Waals surface area contributed by atoms with Crippen molar-refractivity contribution in [3.05, 3.63) is 23.8 Å². The predicted molar refractivity (Wildman–Crippen MR) is 112 cm³/mol. The lowest BCUT2D eigenvalue weighted by atomic mass is 9.90. The number of hydrogen-bond acceptors (Lipinski definition) is 7. The van der Waals surface area contributed by atoms with E-state index in [1.807, 2.05) is 27.7 Å². The van der Waals surface area contributed by atoms with Gasteiger partial charge in [0.2, 0.25) is 6.29 Å². The van der Waals surface area contributed by atoms with Gasteiger partial charge in [0, 0.05) is 18.5 Å². The summed E-state index contributed by atoms with van der Waals surface area (Å²) in [6.45, 7) is 11.6. The van der Waals surface area contributed by atoms with Crippen LogP contribution in [0.3, 0.4) is 0 Å². The highest BCUT2D eigenvalue weighted by Gasteiger charge is 2.46. The maximum absolute atomic E-state index is 11.8. The van der Waals surface area contributed by atoms with Crippen LogP contribution in [-0.2, 0) is 9.53 Å². The molecule has 1 saturated heterocycles. The van der Waals surface area contributed by atoms with Crippen molar-refractivity contribution in [3.63, 3.8) is 0 Å². The fourth-order valence-corrected chi connectivity index (χ4v) is 2.62. The van der Waals surface area contributed by atoms with Gasteiger partial charge >= 0.3 is 5.97 Å². The summed E-state index contributed by atoms with van der Waals surface area (Å²) < 4.78 is 16.3. The van der Waals surface area contributed by atoms with Gasteiger partial charge in [-0.05, 0) is 25.1 Å². The number of nitrogens with one attached hydrogen (secondary N) is 1. The number of amides is 1. The Labute approximate surface area is 178 Å². The number of carboxylic acid groups (broad SMARTS) is 1. The zero-order valence-electron chi connectivity index (χ0n) is 18.7. The van der Waals surface area contributed by atoms with Crippen molar-refractivity contribution >= 4 is 11.9 Å². The molecule has 9 nitrogen and oxygen atoms in total. The summed E-state index contributed by atoms with van der Waals surface area (Å²) in [7, 11) is 1.50. The van der Waals surface area contributed by atoms with E-state index in [1.54, 1.807) is 6.92 Å². The number of benzene rings is 1. The fourth-order valence-electron chi connectivity index (χ4n) is 2.62. The smallest absolute Gasteiger partial charge is 0.335 e. The summed E-state index contributed by atoms with van der Waals surface area (Å²) in [6.07, 6.45) is -5.48. The summed E-state index contributed by atoms with van der Waals surface area (Å²) in [5, 5.41) is 31.9. The van der Waals surface area contributed by atoms with Crippen molar-refractivity contribution < 1.29 is 39.1 Å². The van der Waals surface area contributed by atoms with Gasteiger partial charge in [-0.3, -0.25) is 4.79 Å². The molecule has 1 aliphatic heterocycles. The van der Waals surface area contributed by atoms with Gasteiger partial charge in [0.05, 0.1) is 12.7 Å². The van der Waals surface area contributed by atoms with Crippen LogP contribution in [0.1, 0.15) is 51.9 Å². The van der Waals surface area contributed by atoms with Gasteiger partial charge in [-0.1, -0.05) is 34.6 Å². The molecule has 0 aliphatic carbocycles. The van der Waals surface area contributed by atoms with Gasteiger partial charge in [0.15, 0.2) is 17.6 Å². The zero-order valence-corrected chi connectivity index (χ0v) is 18.7. The molecular weight excluding hydrogens is 394 g/mol. The molecule has 172 valence electrons. The molecule has 2 rings (SSSR count). The van der Waals surface area contributed by atoms with Crippen molar-refractivity contribution in [2.45, 2.75) is 66.1 Å². The third-order valence-corrected chi connectivity index (χ3v) is 4.17. The number of hydrogen-bond donors (Lipinski definition) is 4. The Morgan fingerprint density at radius 2 is 1.70 bits per heavy atom. The van der Waals surface area contributed by atoms with E-state index in [1.165, 1.54) is 32.2 Å². The zero-order chi connectivity index (χ0) is 23.4. The van der Waals surface area contributed by atoms with E-state index in [0.29, 0.717) is 12.2 Å². The van der Waals surface area contributed by atoms with E-state index >= 15 is 0 Å². The van der Waals surface area contributed by atoms with Crippen LogP contribution in [0.2, 0.25) is 0 Å². The molecule has 1 fully saturated rings. The molecule has 0 bridgehead atoms. The summed E-state index contributed by atoms with van der Waals surface area (Å²) >= 11 is 0. The molecule has 0 aromatic heterocycles. The Morgan fingerprint density at radius 3 is 2.20 bits per heavy atom. The van der Waals surface area contributed by atoms with Crippen LogP contribution in [0.5, 0.6) is 11.5 Å². The normalized spacial score (nSPS) is 24.9. The number of carboxylic acids is 1. The van der Waals surface area contributed by atoms with Crippen LogP contribution in [0.25, 0.3) is 0 Å². The molecule has 1 aromatic carbocycles. The van der Waals surface area contributed by atoms with E-state index in [4.69, 9.17) is 19.3 Å². The van der Waals surface area contributed by atoms with E-state index in [-0.39, 0.29) is 17.4 Å². The number of aliphatic carboxylic acids is 1. The maximum atomic E-state index is 11.8. The molecule has 1 aromatic rings. The lowest BCUT2D eigenvalue weighted by Crippen LogP contribution is -2.57. The molecule has 4 N–H and O–H groups in total. The highest BCUT2D eigenvalue weighted by Crippen LogP contribution is 2.33. The second kappa shape index (κ2) is 13.8. The van der Waals surface area contributed by atoms with Gasteiger partial charge in [-0.15, -0.1) is 0 Å². The molecule has 30 heavy (non-hydrogen) atoms. The molecule has 1 heterocycles. The fraction of sp³-hybridized carbons (Fsp3) is 0.619.